The van der Waals surface area contributed by atoms with E-state index in [9.17, 15) is 19.8 Å². The normalized spacial score (nSPS) is 12.6. The molecule has 9 nitrogen and oxygen atoms in total. The monoisotopic (exact) mass is 778 g/mol. The van der Waals surface area contributed by atoms with Crippen LogP contribution in [0.2, 0.25) is 0 Å². The molecule has 0 heterocycles. The number of benzene rings is 2. The minimum atomic E-state index is -0.275. The van der Waals surface area contributed by atoms with Crippen LogP contribution >= 0.6 is 23.5 Å². The average Bonchev–Trinajstić information content (AvgIpc) is 3.02. The van der Waals surface area contributed by atoms with E-state index in [2.05, 4.69) is 83.1 Å². The molecule has 0 aliphatic carbocycles. The molecule has 0 radical (unpaired) electrons. The van der Waals surface area contributed by atoms with Crippen molar-refractivity contribution < 1.29 is 43.5 Å². The van der Waals surface area contributed by atoms with Crippen LogP contribution in [-0.2, 0) is 54.9 Å². The molecule has 11 heteroatoms. The number of carbonyl (C=O) groups excluding carboxylic acids is 2. The first-order chi connectivity index (χ1) is 24.5. The number of hydrogen-bond acceptors (Lipinski definition) is 11. The third-order valence-electron chi connectivity index (χ3n) is 8.27. The predicted octanol–water partition coefficient (Wildman–Crippen LogP) is 9.09. The molecule has 53 heavy (non-hydrogen) atoms. The highest BCUT2D eigenvalue weighted by Gasteiger charge is 2.28. The van der Waals surface area contributed by atoms with Gasteiger partial charge in [-0.15, -0.1) is 23.5 Å². The van der Waals surface area contributed by atoms with Crippen LogP contribution in [0.25, 0.3) is 0 Å². The molecule has 0 saturated carbocycles. The Hall–Kier alpha value is -2.44. The zero-order valence-corrected chi connectivity index (χ0v) is 36.0. The molecule has 0 unspecified atom stereocenters. The third kappa shape index (κ3) is 16.9. The second-order valence-electron chi connectivity index (χ2n) is 17.2. The van der Waals surface area contributed by atoms with E-state index in [0.717, 1.165) is 32.0 Å². The molecule has 2 rings (SSSR count). The van der Waals surface area contributed by atoms with Crippen LogP contribution in [0.4, 0.5) is 0 Å². The first-order valence-corrected chi connectivity index (χ1v) is 20.5. The lowest BCUT2D eigenvalue weighted by molar-refractivity contribution is -0.145. The summed E-state index contributed by atoms with van der Waals surface area (Å²) in [6.45, 7) is 27.4. The number of ether oxygens (including phenoxy) is 5. The molecule has 2 aromatic rings. The van der Waals surface area contributed by atoms with E-state index in [1.165, 1.54) is 0 Å². The highest BCUT2D eigenvalue weighted by atomic mass is 32.2. The van der Waals surface area contributed by atoms with E-state index in [1.54, 1.807) is 23.5 Å². The molecule has 2 aromatic carbocycles. The lowest BCUT2D eigenvalue weighted by Crippen LogP contribution is -2.17. The van der Waals surface area contributed by atoms with E-state index in [1.807, 2.05) is 24.3 Å². The molecular weight excluding hydrogens is 713 g/mol. The van der Waals surface area contributed by atoms with Crippen LogP contribution in [0, 0.1) is 0 Å². The van der Waals surface area contributed by atoms with Crippen LogP contribution in [0.15, 0.2) is 34.1 Å². The SMILES string of the molecule is CC(C)(C)c1cc(SCCC(=O)OCCOCCOCCOCCOC(=O)CCSc2cc(C(C)(C)C)c(O)c(C(C)(C)C)c2)cc(C(C)(C)C)c1O. The summed E-state index contributed by atoms with van der Waals surface area (Å²) in [5.41, 5.74) is 2.80. The van der Waals surface area contributed by atoms with Gasteiger partial charge in [-0.3, -0.25) is 9.59 Å². The number of esters is 2. The van der Waals surface area contributed by atoms with Gasteiger partial charge in [0.25, 0.3) is 0 Å². The van der Waals surface area contributed by atoms with Crippen molar-refractivity contribution in [1.82, 2.24) is 0 Å². The van der Waals surface area contributed by atoms with Crippen molar-refractivity contribution >= 4 is 35.5 Å². The standard InChI is InChI=1S/C42H66O9S2/c1-39(2,3)31-25-29(26-32(37(31)45)40(4,5)6)52-23-13-35(43)50-21-19-48-17-15-47-16-18-49-20-22-51-36(44)14-24-53-30-27-33(41(7,8)9)38(46)34(28-30)42(10,11)12/h25-28,45-46H,13-24H2,1-12H3. The molecule has 0 saturated heterocycles. The average molecular weight is 779 g/mol. The summed E-state index contributed by atoms with van der Waals surface area (Å²) >= 11 is 3.17. The first kappa shape index (κ1) is 46.7. The Balaban J connectivity index is 1.51. The van der Waals surface area contributed by atoms with Gasteiger partial charge >= 0.3 is 11.9 Å². The number of rotatable bonds is 20. The fourth-order valence-corrected chi connectivity index (χ4v) is 7.10. The van der Waals surface area contributed by atoms with Gasteiger partial charge < -0.3 is 33.9 Å². The number of thioether (sulfide) groups is 2. The smallest absolute Gasteiger partial charge is 0.306 e. The van der Waals surface area contributed by atoms with Gasteiger partial charge in [-0.1, -0.05) is 83.1 Å². The van der Waals surface area contributed by atoms with E-state index in [-0.39, 0.29) is 72.9 Å². The molecule has 2 N–H and O–H groups in total. The van der Waals surface area contributed by atoms with Crippen molar-refractivity contribution in [3.05, 3.63) is 46.5 Å². The van der Waals surface area contributed by atoms with Crippen LogP contribution in [0.3, 0.4) is 0 Å². The maximum absolute atomic E-state index is 12.2. The summed E-state index contributed by atoms with van der Waals surface area (Å²) in [4.78, 5) is 26.5. The quantitative estimate of drug-likeness (QED) is 0.0761. The largest absolute Gasteiger partial charge is 0.507 e. The van der Waals surface area contributed by atoms with Crippen molar-refractivity contribution in [1.29, 1.82) is 0 Å². The lowest BCUT2D eigenvalue weighted by Gasteiger charge is -2.28. The molecule has 0 spiro atoms. The Bertz CT molecular complexity index is 1280. The fraction of sp³-hybridized carbons (Fsp3) is 0.667. The topological polar surface area (TPSA) is 121 Å². The molecule has 0 fully saturated rings. The maximum atomic E-state index is 12.2. The highest BCUT2D eigenvalue weighted by Crippen LogP contribution is 2.43. The van der Waals surface area contributed by atoms with Crippen molar-refractivity contribution in [2.75, 3.05) is 64.4 Å². The third-order valence-corrected chi connectivity index (χ3v) is 10.2. The number of carbonyl (C=O) groups is 2. The molecule has 0 aliphatic heterocycles. The molecule has 0 aliphatic rings. The lowest BCUT2D eigenvalue weighted by atomic mass is 9.79. The van der Waals surface area contributed by atoms with Crippen molar-refractivity contribution in [2.45, 2.75) is 127 Å². The van der Waals surface area contributed by atoms with Crippen molar-refractivity contribution in [3.63, 3.8) is 0 Å². The predicted molar refractivity (Wildman–Crippen MR) is 216 cm³/mol. The second-order valence-corrected chi connectivity index (χ2v) is 19.5. The second kappa shape index (κ2) is 21.0. The Morgan fingerprint density at radius 1 is 0.472 bits per heavy atom. The molecule has 300 valence electrons. The summed E-state index contributed by atoms with van der Waals surface area (Å²) in [5.74, 6) is 1.31. The maximum Gasteiger partial charge on any atom is 0.306 e. The van der Waals surface area contributed by atoms with Gasteiger partial charge in [-0.25, -0.2) is 0 Å². The van der Waals surface area contributed by atoms with Gasteiger partial charge in [0.05, 0.1) is 52.5 Å². The Labute approximate surface area is 327 Å². The van der Waals surface area contributed by atoms with E-state index >= 15 is 0 Å². The minimum Gasteiger partial charge on any atom is -0.507 e. The van der Waals surface area contributed by atoms with Gasteiger partial charge in [-0.05, 0) is 45.9 Å². The molecule has 0 aromatic heterocycles. The van der Waals surface area contributed by atoms with Gasteiger partial charge in [0.2, 0.25) is 0 Å². The van der Waals surface area contributed by atoms with Crippen molar-refractivity contribution in [2.24, 2.45) is 0 Å². The number of aromatic hydroxyl groups is 2. The number of hydrogen-bond donors (Lipinski definition) is 2. The molecule has 0 bridgehead atoms. The van der Waals surface area contributed by atoms with Gasteiger partial charge in [0.15, 0.2) is 0 Å². The number of phenols is 2. The minimum absolute atomic E-state index is 0.179. The Morgan fingerprint density at radius 2 is 0.717 bits per heavy atom. The Morgan fingerprint density at radius 3 is 0.962 bits per heavy atom. The summed E-state index contributed by atoms with van der Waals surface area (Å²) in [6.07, 6.45) is 0.557. The number of phenolic OH excluding ortho intramolecular Hbond substituents is 2. The van der Waals surface area contributed by atoms with Gasteiger partial charge in [0, 0.05) is 43.6 Å². The summed E-state index contributed by atoms with van der Waals surface area (Å²) in [5, 5.41) is 21.8. The van der Waals surface area contributed by atoms with E-state index in [0.29, 0.717) is 49.4 Å². The van der Waals surface area contributed by atoms with Gasteiger partial charge in [-0.2, -0.15) is 0 Å². The highest BCUT2D eigenvalue weighted by molar-refractivity contribution is 7.99. The molecule has 0 atom stereocenters. The van der Waals surface area contributed by atoms with Crippen LogP contribution in [0.5, 0.6) is 11.5 Å². The van der Waals surface area contributed by atoms with Crippen LogP contribution < -0.4 is 0 Å². The molecular formula is C42H66O9S2. The molecule has 0 amide bonds. The van der Waals surface area contributed by atoms with Crippen LogP contribution in [0.1, 0.15) is 118 Å². The van der Waals surface area contributed by atoms with E-state index in [4.69, 9.17) is 23.7 Å². The summed E-state index contributed by atoms with van der Waals surface area (Å²) in [7, 11) is 0. The zero-order chi connectivity index (χ0) is 40.0. The first-order valence-electron chi connectivity index (χ1n) is 18.6. The van der Waals surface area contributed by atoms with Gasteiger partial charge in [0.1, 0.15) is 24.7 Å². The zero-order valence-electron chi connectivity index (χ0n) is 34.4. The van der Waals surface area contributed by atoms with Crippen LogP contribution in [-0.4, -0.2) is 86.5 Å². The van der Waals surface area contributed by atoms with Crippen molar-refractivity contribution in [3.8, 4) is 11.5 Å². The fourth-order valence-electron chi connectivity index (χ4n) is 5.29. The van der Waals surface area contributed by atoms with E-state index < -0.39 is 0 Å². The summed E-state index contributed by atoms with van der Waals surface area (Å²) < 4.78 is 27.1. The summed E-state index contributed by atoms with van der Waals surface area (Å²) in [6, 6.07) is 8.08. The Kier molecular flexibility index (Phi) is 18.5.